The molecule has 10 aromatic rings. The molecule has 7 aromatic carbocycles. The Kier molecular flexibility index (Phi) is 6.42. The second-order valence-corrected chi connectivity index (χ2v) is 12.4. The van der Waals surface area contributed by atoms with Crippen molar-refractivity contribution >= 4 is 43.7 Å². The molecule has 5 nitrogen and oxygen atoms in total. The lowest BCUT2D eigenvalue weighted by atomic mass is 10.0. The first-order valence-electron chi connectivity index (χ1n) is 16.7. The van der Waals surface area contributed by atoms with Crippen LogP contribution >= 0.6 is 0 Å². The Balaban J connectivity index is 1.26. The van der Waals surface area contributed by atoms with Crippen LogP contribution in [0, 0.1) is 0 Å². The summed E-state index contributed by atoms with van der Waals surface area (Å²) in [4.78, 5) is 15.0. The number of hydrogen-bond donors (Lipinski definition) is 0. The minimum atomic E-state index is 0.565. The van der Waals surface area contributed by atoms with E-state index in [0.717, 1.165) is 60.7 Å². The minimum absolute atomic E-state index is 0.565. The fourth-order valence-corrected chi connectivity index (χ4v) is 7.11. The van der Waals surface area contributed by atoms with Crippen molar-refractivity contribution in [3.05, 3.63) is 170 Å². The number of rotatable bonds is 5. The molecule has 50 heavy (non-hydrogen) atoms. The molecule has 0 fully saturated rings. The number of fused-ring (bicyclic) bond motifs is 7. The van der Waals surface area contributed by atoms with Gasteiger partial charge in [0, 0.05) is 38.4 Å². The number of furan rings is 1. The van der Waals surface area contributed by atoms with Gasteiger partial charge in [0.1, 0.15) is 5.58 Å². The van der Waals surface area contributed by atoms with E-state index in [1.165, 1.54) is 16.5 Å². The fourth-order valence-electron chi connectivity index (χ4n) is 7.11. The molecule has 0 atom stereocenters. The van der Waals surface area contributed by atoms with E-state index in [1.54, 1.807) is 0 Å². The maximum atomic E-state index is 7.03. The summed E-state index contributed by atoms with van der Waals surface area (Å²) in [7, 11) is 0. The van der Waals surface area contributed by atoms with Gasteiger partial charge >= 0.3 is 0 Å². The van der Waals surface area contributed by atoms with E-state index < -0.39 is 0 Å². The second kappa shape index (κ2) is 11.4. The van der Waals surface area contributed by atoms with E-state index in [-0.39, 0.29) is 0 Å². The van der Waals surface area contributed by atoms with Gasteiger partial charge in [-0.1, -0.05) is 140 Å². The van der Waals surface area contributed by atoms with E-state index in [9.17, 15) is 0 Å². The summed E-state index contributed by atoms with van der Waals surface area (Å²) in [5.41, 5.74) is 9.81. The van der Waals surface area contributed by atoms with E-state index >= 15 is 0 Å². The maximum absolute atomic E-state index is 7.03. The summed E-state index contributed by atoms with van der Waals surface area (Å²) in [5.74, 6) is 1.79. The van der Waals surface area contributed by atoms with Crippen LogP contribution in [-0.2, 0) is 0 Å². The highest BCUT2D eigenvalue weighted by atomic mass is 16.3. The number of para-hydroxylation sites is 2. The van der Waals surface area contributed by atoms with Crippen molar-refractivity contribution in [3.63, 3.8) is 0 Å². The van der Waals surface area contributed by atoms with Gasteiger partial charge in [-0.2, -0.15) is 0 Å². The molecular weight excluding hydrogens is 613 g/mol. The molecule has 10 rings (SSSR count). The summed E-state index contributed by atoms with van der Waals surface area (Å²) in [6.45, 7) is 0. The van der Waals surface area contributed by atoms with Gasteiger partial charge in [-0.3, -0.25) is 0 Å². The number of aromatic nitrogens is 4. The molecule has 0 aliphatic rings. The lowest BCUT2D eigenvalue weighted by Gasteiger charge is -2.09. The number of hydrogen-bond acceptors (Lipinski definition) is 4. The van der Waals surface area contributed by atoms with E-state index in [1.807, 2.05) is 66.7 Å². The van der Waals surface area contributed by atoms with Crippen LogP contribution in [0.15, 0.2) is 174 Å². The van der Waals surface area contributed by atoms with Crippen LogP contribution in [0.1, 0.15) is 0 Å². The van der Waals surface area contributed by atoms with Gasteiger partial charge in [-0.25, -0.2) is 15.0 Å². The van der Waals surface area contributed by atoms with Crippen LogP contribution in [0.5, 0.6) is 0 Å². The summed E-state index contributed by atoms with van der Waals surface area (Å²) in [6.07, 6.45) is 0. The molecule has 234 valence electrons. The van der Waals surface area contributed by atoms with Crippen molar-refractivity contribution in [2.75, 3.05) is 0 Å². The third kappa shape index (κ3) is 4.52. The summed E-state index contributed by atoms with van der Waals surface area (Å²) < 4.78 is 9.37. The third-order valence-corrected chi connectivity index (χ3v) is 9.46. The lowest BCUT2D eigenvalue weighted by molar-refractivity contribution is 0.671. The molecule has 0 spiro atoms. The average Bonchev–Trinajstić information content (AvgIpc) is 3.75. The smallest absolute Gasteiger partial charge is 0.167 e. The molecule has 0 N–H and O–H groups in total. The average molecular weight is 641 g/mol. The summed E-state index contributed by atoms with van der Waals surface area (Å²) in [5, 5.41) is 4.36. The predicted molar refractivity (Wildman–Crippen MR) is 203 cm³/mol. The highest BCUT2D eigenvalue weighted by molar-refractivity contribution is 6.22. The Bertz CT molecular complexity index is 2780. The zero-order valence-corrected chi connectivity index (χ0v) is 26.9. The van der Waals surface area contributed by atoms with Crippen molar-refractivity contribution in [1.29, 1.82) is 0 Å². The third-order valence-electron chi connectivity index (χ3n) is 9.46. The molecule has 0 aliphatic heterocycles. The monoisotopic (exact) mass is 640 g/mol. The molecule has 0 saturated carbocycles. The second-order valence-electron chi connectivity index (χ2n) is 12.4. The van der Waals surface area contributed by atoms with E-state index in [0.29, 0.717) is 17.5 Å². The maximum Gasteiger partial charge on any atom is 0.167 e. The van der Waals surface area contributed by atoms with Crippen molar-refractivity contribution in [3.8, 4) is 51.0 Å². The molecule has 3 heterocycles. The van der Waals surface area contributed by atoms with Gasteiger partial charge in [-0.05, 0) is 41.5 Å². The molecule has 0 radical (unpaired) electrons. The van der Waals surface area contributed by atoms with Gasteiger partial charge in [0.25, 0.3) is 0 Å². The quantitative estimate of drug-likeness (QED) is 0.188. The van der Waals surface area contributed by atoms with Crippen LogP contribution in [0.4, 0.5) is 0 Å². The van der Waals surface area contributed by atoms with Crippen molar-refractivity contribution in [2.45, 2.75) is 0 Å². The molecular formula is C45H28N4O. The SMILES string of the molecule is c1ccc(-c2ccc3c4ccc5c6cccc(-c7nc(-c8ccccc8)nc(-c8ccccc8)n7)c6oc5c4n(-c4ccccc4)c3c2)cc1. The standard InChI is InChI=1S/C45H28N4O/c1-5-14-29(15-6-1)32-24-25-34-35-26-27-37-36-22-13-23-38(41(36)50-42(37)40(35)49(39(34)28-32)33-20-11-4-12-21-33)45-47-43(30-16-7-2-8-17-30)46-44(48-45)31-18-9-3-10-19-31/h1-28H. The Labute approximate surface area is 287 Å². The van der Waals surface area contributed by atoms with Gasteiger partial charge in [0.2, 0.25) is 0 Å². The Morgan fingerprint density at radius 3 is 1.58 bits per heavy atom. The zero-order chi connectivity index (χ0) is 33.0. The zero-order valence-electron chi connectivity index (χ0n) is 26.9. The van der Waals surface area contributed by atoms with Crippen LogP contribution in [0.25, 0.3) is 94.7 Å². The highest BCUT2D eigenvalue weighted by Crippen LogP contribution is 2.43. The molecule has 0 saturated heterocycles. The largest absolute Gasteiger partial charge is 0.453 e. The lowest BCUT2D eigenvalue weighted by Crippen LogP contribution is -2.00. The number of nitrogens with zero attached hydrogens (tertiary/aromatic N) is 4. The first-order chi connectivity index (χ1) is 24.8. The Hall–Kier alpha value is -6.85. The van der Waals surface area contributed by atoms with E-state index in [4.69, 9.17) is 19.4 Å². The van der Waals surface area contributed by atoms with Gasteiger partial charge in [0.15, 0.2) is 23.1 Å². The topological polar surface area (TPSA) is 56.7 Å². The van der Waals surface area contributed by atoms with Gasteiger partial charge in [0.05, 0.1) is 16.6 Å². The fraction of sp³-hybridized carbons (Fsp3) is 0. The van der Waals surface area contributed by atoms with Crippen LogP contribution in [0.3, 0.4) is 0 Å². The van der Waals surface area contributed by atoms with Gasteiger partial charge in [-0.15, -0.1) is 0 Å². The Morgan fingerprint density at radius 1 is 0.380 bits per heavy atom. The highest BCUT2D eigenvalue weighted by Gasteiger charge is 2.22. The molecule has 0 aliphatic carbocycles. The summed E-state index contributed by atoms with van der Waals surface area (Å²) >= 11 is 0. The molecule has 0 unspecified atom stereocenters. The summed E-state index contributed by atoms with van der Waals surface area (Å²) in [6, 6.07) is 58.5. The van der Waals surface area contributed by atoms with E-state index in [2.05, 4.69) is 108 Å². The van der Waals surface area contributed by atoms with Crippen molar-refractivity contribution < 1.29 is 4.42 Å². The Morgan fingerprint density at radius 2 is 0.920 bits per heavy atom. The first kappa shape index (κ1) is 28.2. The van der Waals surface area contributed by atoms with Crippen LogP contribution in [0.2, 0.25) is 0 Å². The van der Waals surface area contributed by atoms with Crippen molar-refractivity contribution in [1.82, 2.24) is 19.5 Å². The molecule has 0 bridgehead atoms. The van der Waals surface area contributed by atoms with Gasteiger partial charge < -0.3 is 8.98 Å². The molecule has 5 heteroatoms. The normalized spacial score (nSPS) is 11.6. The predicted octanol–water partition coefficient (Wildman–Crippen LogP) is 11.5. The van der Waals surface area contributed by atoms with Crippen LogP contribution < -0.4 is 0 Å². The van der Waals surface area contributed by atoms with Crippen LogP contribution in [-0.4, -0.2) is 19.5 Å². The minimum Gasteiger partial charge on any atom is -0.453 e. The van der Waals surface area contributed by atoms with Crippen molar-refractivity contribution in [2.24, 2.45) is 0 Å². The number of benzene rings is 7. The molecule has 0 amide bonds. The molecule has 3 aromatic heterocycles. The first-order valence-corrected chi connectivity index (χ1v) is 16.7.